The topological polar surface area (TPSA) is 42.0 Å². The molecule has 5 heteroatoms. The molecule has 1 amide bonds. The van der Waals surface area contributed by atoms with Crippen LogP contribution in [0.25, 0.3) is 0 Å². The molecule has 1 heterocycles. The van der Waals surface area contributed by atoms with E-state index in [1.54, 1.807) is 32.4 Å². The summed E-state index contributed by atoms with van der Waals surface area (Å²) in [5, 5.41) is 0. The van der Waals surface area contributed by atoms with Gasteiger partial charge in [-0.05, 0) is 24.1 Å². The number of carbonyl (C=O) groups is 1. The normalized spacial score (nSPS) is 14.9. The first-order chi connectivity index (χ1) is 12.7. The Morgan fingerprint density at radius 3 is 2.12 bits per heavy atom. The van der Waals surface area contributed by atoms with Gasteiger partial charge in [-0.2, -0.15) is 0 Å². The van der Waals surface area contributed by atoms with Crippen LogP contribution in [-0.2, 0) is 6.42 Å². The maximum Gasteiger partial charge on any atom is 0.254 e. The zero-order chi connectivity index (χ0) is 18.4. The zero-order valence-electron chi connectivity index (χ0n) is 15.5. The molecule has 0 saturated carbocycles. The molecule has 0 spiro atoms. The van der Waals surface area contributed by atoms with Gasteiger partial charge in [0.15, 0.2) is 0 Å². The van der Waals surface area contributed by atoms with Crippen LogP contribution in [0.15, 0.2) is 48.5 Å². The average Bonchev–Trinajstić information content (AvgIpc) is 2.72. The molecule has 0 atom stereocenters. The van der Waals surface area contributed by atoms with Crippen LogP contribution in [0.5, 0.6) is 11.5 Å². The third-order valence-corrected chi connectivity index (χ3v) is 4.82. The fraction of sp³-hybridized carbons (Fsp3) is 0.381. The number of carbonyl (C=O) groups excluding carboxylic acids is 1. The van der Waals surface area contributed by atoms with Crippen molar-refractivity contribution in [2.75, 3.05) is 46.9 Å². The van der Waals surface area contributed by atoms with E-state index in [9.17, 15) is 4.79 Å². The standard InChI is InChI=1S/C21H26N2O3/c1-25-19-14-18(15-20(16-19)26-2)21(24)23-12-10-22(11-13-23)9-8-17-6-4-3-5-7-17/h3-7,14-16H,8-13H2,1-2H3. The fourth-order valence-electron chi connectivity index (χ4n) is 3.22. The molecule has 0 unspecified atom stereocenters. The summed E-state index contributed by atoms with van der Waals surface area (Å²) >= 11 is 0. The summed E-state index contributed by atoms with van der Waals surface area (Å²) in [6, 6.07) is 15.8. The predicted octanol–water partition coefficient (Wildman–Crippen LogP) is 2.70. The van der Waals surface area contributed by atoms with Gasteiger partial charge in [0.2, 0.25) is 0 Å². The van der Waals surface area contributed by atoms with Crippen LogP contribution in [0.2, 0.25) is 0 Å². The number of hydrogen-bond donors (Lipinski definition) is 0. The lowest BCUT2D eigenvalue weighted by atomic mass is 10.1. The molecule has 0 radical (unpaired) electrons. The minimum atomic E-state index is 0.0323. The van der Waals surface area contributed by atoms with Crippen LogP contribution >= 0.6 is 0 Å². The highest BCUT2D eigenvalue weighted by atomic mass is 16.5. The van der Waals surface area contributed by atoms with Crippen molar-refractivity contribution in [1.82, 2.24) is 9.80 Å². The molecule has 2 aromatic rings. The van der Waals surface area contributed by atoms with E-state index in [1.165, 1.54) is 5.56 Å². The lowest BCUT2D eigenvalue weighted by molar-refractivity contribution is 0.0638. The van der Waals surface area contributed by atoms with Gasteiger partial charge < -0.3 is 14.4 Å². The quantitative estimate of drug-likeness (QED) is 0.800. The summed E-state index contributed by atoms with van der Waals surface area (Å²) in [5.74, 6) is 1.30. The molecule has 0 bridgehead atoms. The van der Waals surface area contributed by atoms with Crippen LogP contribution in [0.1, 0.15) is 15.9 Å². The second-order valence-electron chi connectivity index (χ2n) is 6.47. The van der Waals surface area contributed by atoms with Crippen molar-refractivity contribution < 1.29 is 14.3 Å². The van der Waals surface area contributed by atoms with Gasteiger partial charge in [0.25, 0.3) is 5.91 Å². The summed E-state index contributed by atoms with van der Waals surface area (Å²) < 4.78 is 10.5. The molecule has 1 aliphatic heterocycles. The Morgan fingerprint density at radius 2 is 1.54 bits per heavy atom. The van der Waals surface area contributed by atoms with Crippen LogP contribution in [0.3, 0.4) is 0 Å². The lowest BCUT2D eigenvalue weighted by Crippen LogP contribution is -2.49. The van der Waals surface area contributed by atoms with E-state index in [0.717, 1.165) is 39.1 Å². The molecule has 1 aliphatic rings. The number of benzene rings is 2. The van der Waals surface area contributed by atoms with Gasteiger partial charge in [-0.3, -0.25) is 9.69 Å². The SMILES string of the molecule is COc1cc(OC)cc(C(=O)N2CCN(CCc3ccccc3)CC2)c1. The summed E-state index contributed by atoms with van der Waals surface area (Å²) in [6.45, 7) is 4.32. The molecule has 5 nitrogen and oxygen atoms in total. The zero-order valence-corrected chi connectivity index (χ0v) is 15.5. The van der Waals surface area contributed by atoms with Crippen LogP contribution in [-0.4, -0.2) is 62.7 Å². The molecule has 26 heavy (non-hydrogen) atoms. The molecule has 138 valence electrons. The molecule has 1 fully saturated rings. The fourth-order valence-corrected chi connectivity index (χ4v) is 3.22. The summed E-state index contributed by atoms with van der Waals surface area (Å²) in [7, 11) is 3.18. The van der Waals surface area contributed by atoms with E-state index in [1.807, 2.05) is 11.0 Å². The maximum absolute atomic E-state index is 12.8. The van der Waals surface area contributed by atoms with Crippen LogP contribution in [0.4, 0.5) is 0 Å². The molecule has 0 aliphatic carbocycles. The van der Waals surface area contributed by atoms with Gasteiger partial charge in [-0.15, -0.1) is 0 Å². The van der Waals surface area contributed by atoms with E-state index in [4.69, 9.17) is 9.47 Å². The third kappa shape index (κ3) is 4.55. The van der Waals surface area contributed by atoms with Gasteiger partial charge in [0.05, 0.1) is 14.2 Å². The number of methoxy groups -OCH3 is 2. The maximum atomic E-state index is 12.8. The van der Waals surface area contributed by atoms with Crippen LogP contribution in [0, 0.1) is 0 Å². The number of hydrogen-bond acceptors (Lipinski definition) is 4. The third-order valence-electron chi connectivity index (χ3n) is 4.82. The van der Waals surface area contributed by atoms with Gasteiger partial charge in [-0.1, -0.05) is 30.3 Å². The van der Waals surface area contributed by atoms with Gasteiger partial charge in [0, 0.05) is 44.4 Å². The second-order valence-corrected chi connectivity index (χ2v) is 6.47. The first-order valence-corrected chi connectivity index (χ1v) is 8.98. The second kappa shape index (κ2) is 8.72. The molecule has 1 saturated heterocycles. The molecular weight excluding hydrogens is 328 g/mol. The van der Waals surface area contributed by atoms with Crippen molar-refractivity contribution in [2.24, 2.45) is 0 Å². The summed E-state index contributed by atoms with van der Waals surface area (Å²) in [5.41, 5.74) is 1.97. The predicted molar refractivity (Wildman–Crippen MR) is 102 cm³/mol. The van der Waals surface area contributed by atoms with Crippen molar-refractivity contribution in [3.63, 3.8) is 0 Å². The van der Waals surface area contributed by atoms with Gasteiger partial charge in [0.1, 0.15) is 11.5 Å². The minimum Gasteiger partial charge on any atom is -0.497 e. The number of ether oxygens (including phenoxy) is 2. The van der Waals surface area contributed by atoms with E-state index < -0.39 is 0 Å². The summed E-state index contributed by atoms with van der Waals surface area (Å²) in [6.07, 6.45) is 1.04. The highest BCUT2D eigenvalue weighted by Gasteiger charge is 2.22. The highest BCUT2D eigenvalue weighted by molar-refractivity contribution is 5.95. The Kier molecular flexibility index (Phi) is 6.12. The Hall–Kier alpha value is -2.53. The molecule has 0 N–H and O–H groups in total. The summed E-state index contributed by atoms with van der Waals surface area (Å²) in [4.78, 5) is 17.1. The van der Waals surface area contributed by atoms with Crippen molar-refractivity contribution in [3.05, 3.63) is 59.7 Å². The average molecular weight is 354 g/mol. The Balaban J connectivity index is 1.55. The van der Waals surface area contributed by atoms with Gasteiger partial charge >= 0.3 is 0 Å². The van der Waals surface area contributed by atoms with Gasteiger partial charge in [-0.25, -0.2) is 0 Å². The van der Waals surface area contributed by atoms with Crippen molar-refractivity contribution in [2.45, 2.75) is 6.42 Å². The smallest absolute Gasteiger partial charge is 0.254 e. The molecule has 2 aromatic carbocycles. The van der Waals surface area contributed by atoms with E-state index in [-0.39, 0.29) is 5.91 Å². The Morgan fingerprint density at radius 1 is 0.923 bits per heavy atom. The highest BCUT2D eigenvalue weighted by Crippen LogP contribution is 2.23. The van der Waals surface area contributed by atoms with E-state index in [0.29, 0.717) is 17.1 Å². The van der Waals surface area contributed by atoms with Crippen molar-refractivity contribution in [1.29, 1.82) is 0 Å². The molecule has 3 rings (SSSR count). The lowest BCUT2D eigenvalue weighted by Gasteiger charge is -2.34. The number of piperazine rings is 1. The largest absolute Gasteiger partial charge is 0.497 e. The number of rotatable bonds is 6. The van der Waals surface area contributed by atoms with E-state index in [2.05, 4.69) is 29.2 Å². The molecular formula is C21H26N2O3. The van der Waals surface area contributed by atoms with Crippen molar-refractivity contribution >= 4 is 5.91 Å². The molecule has 0 aromatic heterocycles. The number of nitrogens with zero attached hydrogens (tertiary/aromatic N) is 2. The first kappa shape index (κ1) is 18.3. The van der Waals surface area contributed by atoms with Crippen molar-refractivity contribution in [3.8, 4) is 11.5 Å². The minimum absolute atomic E-state index is 0.0323. The Labute approximate surface area is 155 Å². The first-order valence-electron chi connectivity index (χ1n) is 8.98. The number of amides is 1. The van der Waals surface area contributed by atoms with Crippen LogP contribution < -0.4 is 9.47 Å². The Bertz CT molecular complexity index is 703. The van der Waals surface area contributed by atoms with E-state index >= 15 is 0 Å². The monoisotopic (exact) mass is 354 g/mol.